The maximum absolute atomic E-state index is 10.7. The summed E-state index contributed by atoms with van der Waals surface area (Å²) in [6, 6.07) is 0.429. The molecule has 0 aromatic carbocycles. The van der Waals surface area contributed by atoms with Gasteiger partial charge in [-0.05, 0) is 46.6 Å². The van der Waals surface area contributed by atoms with Crippen LogP contribution >= 0.6 is 0 Å². The summed E-state index contributed by atoms with van der Waals surface area (Å²) in [7, 11) is 0. The van der Waals surface area contributed by atoms with Gasteiger partial charge in [-0.15, -0.1) is 0 Å². The minimum absolute atomic E-state index is 0.0909. The molecule has 0 aliphatic carbocycles. The summed E-state index contributed by atoms with van der Waals surface area (Å²) in [5.74, 6) is -0.688. The van der Waals surface area contributed by atoms with Crippen molar-refractivity contribution in [2.75, 3.05) is 19.7 Å². The average Bonchev–Trinajstić information content (AvgIpc) is 2.26. The zero-order chi connectivity index (χ0) is 13.6. The number of piperidine rings is 1. The van der Waals surface area contributed by atoms with E-state index in [1.165, 1.54) is 12.8 Å². The molecule has 18 heavy (non-hydrogen) atoms. The lowest BCUT2D eigenvalue weighted by Crippen LogP contribution is -2.42. The van der Waals surface area contributed by atoms with Crippen LogP contribution in [-0.4, -0.2) is 47.3 Å². The van der Waals surface area contributed by atoms with Crippen molar-refractivity contribution in [2.45, 2.75) is 64.5 Å². The Hall–Kier alpha value is -0.610. The molecule has 0 spiro atoms. The highest BCUT2D eigenvalue weighted by Gasteiger charge is 2.23. The molecular formula is C14H27NO3. The number of carbonyl (C=O) groups is 1. The number of hydrogen-bond acceptors (Lipinski definition) is 3. The van der Waals surface area contributed by atoms with Gasteiger partial charge < -0.3 is 9.84 Å². The number of carboxylic acids is 1. The van der Waals surface area contributed by atoms with Gasteiger partial charge in [0.1, 0.15) is 0 Å². The fraction of sp³-hybridized carbons (Fsp3) is 0.929. The van der Waals surface area contributed by atoms with Crippen molar-refractivity contribution in [3.63, 3.8) is 0 Å². The van der Waals surface area contributed by atoms with Gasteiger partial charge in [-0.3, -0.25) is 9.69 Å². The normalized spacial score (nSPS) is 22.1. The van der Waals surface area contributed by atoms with Gasteiger partial charge in [-0.1, -0.05) is 6.42 Å². The third kappa shape index (κ3) is 6.36. The Morgan fingerprint density at radius 1 is 1.39 bits per heavy atom. The Balaban J connectivity index is 2.32. The van der Waals surface area contributed by atoms with Gasteiger partial charge in [0.15, 0.2) is 0 Å². The number of hydrogen-bond donors (Lipinski definition) is 1. The zero-order valence-electron chi connectivity index (χ0n) is 11.9. The van der Waals surface area contributed by atoms with Crippen molar-refractivity contribution in [1.82, 2.24) is 4.90 Å². The fourth-order valence-corrected chi connectivity index (χ4v) is 2.44. The molecule has 1 unspecified atom stereocenters. The van der Waals surface area contributed by atoms with E-state index in [1.54, 1.807) is 0 Å². The van der Waals surface area contributed by atoms with Gasteiger partial charge >= 0.3 is 5.97 Å². The molecule has 1 saturated heterocycles. The molecule has 1 aliphatic heterocycles. The number of nitrogens with zero attached hydrogens (tertiary/aromatic N) is 1. The Labute approximate surface area is 110 Å². The van der Waals surface area contributed by atoms with E-state index >= 15 is 0 Å². The molecule has 0 bridgehead atoms. The third-order valence-electron chi connectivity index (χ3n) is 3.35. The summed E-state index contributed by atoms with van der Waals surface area (Å²) in [5.41, 5.74) is -0.0909. The first-order valence-corrected chi connectivity index (χ1v) is 6.98. The summed E-state index contributed by atoms with van der Waals surface area (Å²) in [4.78, 5) is 13.1. The molecule has 0 aromatic heterocycles. The SMILES string of the molecule is CC(C)(C)OCCN1CCCCC1CCC(=O)O. The molecule has 1 fully saturated rings. The van der Waals surface area contributed by atoms with Crippen LogP contribution in [0.5, 0.6) is 0 Å². The van der Waals surface area contributed by atoms with E-state index in [0.29, 0.717) is 6.04 Å². The number of rotatable bonds is 6. The Morgan fingerprint density at radius 3 is 2.72 bits per heavy atom. The van der Waals surface area contributed by atoms with Gasteiger partial charge in [0.05, 0.1) is 12.2 Å². The van der Waals surface area contributed by atoms with Crippen LogP contribution in [0.15, 0.2) is 0 Å². The maximum Gasteiger partial charge on any atom is 0.303 e. The van der Waals surface area contributed by atoms with Crippen LogP contribution in [-0.2, 0) is 9.53 Å². The van der Waals surface area contributed by atoms with Crippen molar-refractivity contribution in [3.8, 4) is 0 Å². The summed E-state index contributed by atoms with van der Waals surface area (Å²) in [6.45, 7) is 8.91. The molecule has 1 N–H and O–H groups in total. The smallest absolute Gasteiger partial charge is 0.303 e. The lowest BCUT2D eigenvalue weighted by molar-refractivity contribution is -0.137. The average molecular weight is 257 g/mol. The predicted molar refractivity (Wildman–Crippen MR) is 71.8 cm³/mol. The topological polar surface area (TPSA) is 49.8 Å². The first-order chi connectivity index (χ1) is 8.38. The number of likely N-dealkylation sites (tertiary alicyclic amines) is 1. The molecule has 0 aromatic rings. The van der Waals surface area contributed by atoms with E-state index in [0.717, 1.165) is 32.5 Å². The molecule has 0 amide bonds. The Morgan fingerprint density at radius 2 is 2.11 bits per heavy atom. The fourth-order valence-electron chi connectivity index (χ4n) is 2.44. The van der Waals surface area contributed by atoms with Crippen LogP contribution in [0.1, 0.15) is 52.9 Å². The molecule has 1 rings (SSSR count). The first kappa shape index (κ1) is 15.4. The lowest BCUT2D eigenvalue weighted by Gasteiger charge is -2.36. The van der Waals surface area contributed by atoms with E-state index in [9.17, 15) is 4.79 Å². The molecule has 106 valence electrons. The molecule has 1 heterocycles. The van der Waals surface area contributed by atoms with E-state index in [4.69, 9.17) is 9.84 Å². The molecule has 1 aliphatic rings. The second kappa shape index (κ2) is 7.10. The van der Waals surface area contributed by atoms with E-state index in [-0.39, 0.29) is 12.0 Å². The Kier molecular flexibility index (Phi) is 6.09. The Bertz CT molecular complexity index is 260. The van der Waals surface area contributed by atoms with Crippen LogP contribution in [0, 0.1) is 0 Å². The maximum atomic E-state index is 10.7. The summed E-state index contributed by atoms with van der Waals surface area (Å²) >= 11 is 0. The molecule has 4 nitrogen and oxygen atoms in total. The second-order valence-corrected chi connectivity index (χ2v) is 6.08. The van der Waals surface area contributed by atoms with Crippen LogP contribution in [0.4, 0.5) is 0 Å². The molecular weight excluding hydrogens is 230 g/mol. The van der Waals surface area contributed by atoms with Crippen LogP contribution in [0.25, 0.3) is 0 Å². The largest absolute Gasteiger partial charge is 0.481 e. The van der Waals surface area contributed by atoms with Crippen LogP contribution in [0.2, 0.25) is 0 Å². The highest BCUT2D eigenvalue weighted by molar-refractivity contribution is 5.66. The lowest BCUT2D eigenvalue weighted by atomic mass is 9.98. The van der Waals surface area contributed by atoms with Gasteiger partial charge in [-0.25, -0.2) is 0 Å². The highest BCUT2D eigenvalue weighted by atomic mass is 16.5. The van der Waals surface area contributed by atoms with E-state index < -0.39 is 5.97 Å². The predicted octanol–water partition coefficient (Wildman–Crippen LogP) is 2.52. The van der Waals surface area contributed by atoms with Gasteiger partial charge in [0.2, 0.25) is 0 Å². The minimum atomic E-state index is -0.688. The summed E-state index contributed by atoms with van der Waals surface area (Å²) < 4.78 is 5.75. The number of aliphatic carboxylic acids is 1. The first-order valence-electron chi connectivity index (χ1n) is 6.98. The summed E-state index contributed by atoms with van der Waals surface area (Å²) in [5, 5.41) is 8.77. The van der Waals surface area contributed by atoms with Crippen molar-refractivity contribution in [1.29, 1.82) is 0 Å². The minimum Gasteiger partial charge on any atom is -0.481 e. The van der Waals surface area contributed by atoms with E-state index in [1.807, 2.05) is 0 Å². The number of carboxylic acid groups (broad SMARTS) is 1. The summed E-state index contributed by atoms with van der Waals surface area (Å²) in [6.07, 6.45) is 4.62. The van der Waals surface area contributed by atoms with Crippen molar-refractivity contribution in [3.05, 3.63) is 0 Å². The second-order valence-electron chi connectivity index (χ2n) is 6.08. The third-order valence-corrected chi connectivity index (χ3v) is 3.35. The quantitative estimate of drug-likeness (QED) is 0.794. The molecule has 1 atom stereocenters. The standard InChI is InChI=1S/C14H27NO3/c1-14(2,3)18-11-10-15-9-5-4-6-12(15)7-8-13(16)17/h12H,4-11H2,1-3H3,(H,16,17). The van der Waals surface area contributed by atoms with Crippen LogP contribution < -0.4 is 0 Å². The zero-order valence-corrected chi connectivity index (χ0v) is 11.9. The monoisotopic (exact) mass is 257 g/mol. The van der Waals surface area contributed by atoms with Gasteiger partial charge in [0, 0.05) is 19.0 Å². The highest BCUT2D eigenvalue weighted by Crippen LogP contribution is 2.20. The van der Waals surface area contributed by atoms with Crippen molar-refractivity contribution < 1.29 is 14.6 Å². The molecule has 0 saturated carbocycles. The van der Waals surface area contributed by atoms with Crippen LogP contribution in [0.3, 0.4) is 0 Å². The number of ether oxygens (including phenoxy) is 1. The molecule has 0 radical (unpaired) electrons. The molecule has 4 heteroatoms. The van der Waals surface area contributed by atoms with Gasteiger partial charge in [-0.2, -0.15) is 0 Å². The van der Waals surface area contributed by atoms with Gasteiger partial charge in [0.25, 0.3) is 0 Å². The van der Waals surface area contributed by atoms with Crippen molar-refractivity contribution in [2.24, 2.45) is 0 Å². The van der Waals surface area contributed by atoms with Crippen molar-refractivity contribution >= 4 is 5.97 Å². The van der Waals surface area contributed by atoms with E-state index in [2.05, 4.69) is 25.7 Å².